The summed E-state index contributed by atoms with van der Waals surface area (Å²) < 4.78 is 35.6. The number of hydrogen-bond donors (Lipinski definition) is 1. The van der Waals surface area contributed by atoms with Gasteiger partial charge >= 0.3 is 0 Å². The fourth-order valence-corrected chi connectivity index (χ4v) is 7.83. The minimum absolute atomic E-state index is 0.0618. The number of carbonyl (C=O) groups excluding carboxylic acids is 1. The third-order valence-electron chi connectivity index (χ3n) is 8.47. The zero-order valence-corrected chi connectivity index (χ0v) is 26.0. The van der Waals surface area contributed by atoms with Gasteiger partial charge in [-0.3, -0.25) is 4.79 Å². The standard InChI is InChI=1S/C33H38ClNO6S/c1-21(2)41-30-20-28-23(18-29(30)40-4)19-31(36)35(32(28)22-6-5-7-26(34)11-8-22)27-12-9-24(10-13-27)33(3,37)25-14-16-42(38,39)17-15-25/h5,7-13,18,20-21,25,32,37H,6,14-17,19H2,1-4H3. The number of sulfone groups is 1. The lowest BCUT2D eigenvalue weighted by Gasteiger charge is -2.40. The fraction of sp³-hybridized carbons (Fsp3) is 0.424. The summed E-state index contributed by atoms with van der Waals surface area (Å²) in [5.41, 5.74) is 3.04. The van der Waals surface area contributed by atoms with Gasteiger partial charge in [-0.25, -0.2) is 8.42 Å². The molecule has 224 valence electrons. The van der Waals surface area contributed by atoms with Crippen LogP contribution in [0.25, 0.3) is 0 Å². The van der Waals surface area contributed by atoms with Crippen LogP contribution >= 0.6 is 11.6 Å². The van der Waals surface area contributed by atoms with Gasteiger partial charge < -0.3 is 19.5 Å². The topological polar surface area (TPSA) is 93.1 Å². The normalized spacial score (nSPS) is 22.1. The van der Waals surface area contributed by atoms with Crippen molar-refractivity contribution in [3.05, 3.63) is 88.0 Å². The van der Waals surface area contributed by atoms with E-state index in [2.05, 4.69) is 0 Å². The number of halogens is 1. The van der Waals surface area contributed by atoms with Gasteiger partial charge in [-0.2, -0.15) is 0 Å². The highest BCUT2D eigenvalue weighted by Gasteiger charge is 2.39. The van der Waals surface area contributed by atoms with Crippen molar-refractivity contribution in [2.75, 3.05) is 23.5 Å². The summed E-state index contributed by atoms with van der Waals surface area (Å²) in [6.07, 6.45) is 9.24. The quantitative estimate of drug-likeness (QED) is 0.403. The predicted molar refractivity (Wildman–Crippen MR) is 166 cm³/mol. The molecule has 2 unspecified atom stereocenters. The minimum atomic E-state index is -3.04. The van der Waals surface area contributed by atoms with Gasteiger partial charge in [0.1, 0.15) is 9.84 Å². The Morgan fingerprint density at radius 1 is 1.07 bits per heavy atom. The first-order chi connectivity index (χ1) is 19.9. The maximum atomic E-state index is 13.9. The smallest absolute Gasteiger partial charge is 0.232 e. The van der Waals surface area contributed by atoms with Crippen molar-refractivity contribution in [2.24, 2.45) is 5.92 Å². The Hall–Kier alpha value is -3.07. The molecular weight excluding hydrogens is 574 g/mol. The number of rotatable bonds is 7. The van der Waals surface area contributed by atoms with Crippen molar-refractivity contribution in [3.63, 3.8) is 0 Å². The van der Waals surface area contributed by atoms with E-state index in [1.54, 1.807) is 14.0 Å². The van der Waals surface area contributed by atoms with E-state index < -0.39 is 21.5 Å². The second-order valence-corrected chi connectivity index (χ2v) is 14.5. The summed E-state index contributed by atoms with van der Waals surface area (Å²) in [5.74, 6) is 1.15. The van der Waals surface area contributed by atoms with Crippen molar-refractivity contribution in [1.82, 2.24) is 0 Å². The van der Waals surface area contributed by atoms with E-state index >= 15 is 0 Å². The van der Waals surface area contributed by atoms with E-state index in [-0.39, 0.29) is 35.9 Å². The first-order valence-corrected chi connectivity index (χ1v) is 16.5. The minimum Gasteiger partial charge on any atom is -0.493 e. The number of aliphatic hydroxyl groups is 1. The van der Waals surface area contributed by atoms with Gasteiger partial charge in [-0.1, -0.05) is 35.9 Å². The summed E-state index contributed by atoms with van der Waals surface area (Å²) in [6.45, 7) is 5.67. The number of methoxy groups -OCH3 is 1. The van der Waals surface area contributed by atoms with Crippen LogP contribution in [0.3, 0.4) is 0 Å². The van der Waals surface area contributed by atoms with Crippen LogP contribution in [0.5, 0.6) is 11.5 Å². The number of ether oxygens (including phenoxy) is 2. The van der Waals surface area contributed by atoms with Crippen molar-refractivity contribution < 1.29 is 27.8 Å². The van der Waals surface area contributed by atoms with Crippen LogP contribution in [-0.2, 0) is 26.7 Å². The molecule has 1 amide bonds. The average molecular weight is 612 g/mol. The molecule has 0 saturated carbocycles. The average Bonchev–Trinajstić information content (AvgIpc) is 3.16. The third kappa shape index (κ3) is 6.17. The van der Waals surface area contributed by atoms with Gasteiger partial charge in [0.25, 0.3) is 0 Å². The number of anilines is 1. The molecule has 7 nitrogen and oxygen atoms in total. The fourth-order valence-electron chi connectivity index (χ4n) is 6.19. The van der Waals surface area contributed by atoms with Gasteiger partial charge in [0.2, 0.25) is 5.91 Å². The molecule has 0 bridgehead atoms. The predicted octanol–water partition coefficient (Wildman–Crippen LogP) is 6.15. The van der Waals surface area contributed by atoms with Crippen molar-refractivity contribution in [2.45, 2.75) is 64.2 Å². The molecule has 9 heteroatoms. The van der Waals surface area contributed by atoms with Crippen LogP contribution in [0.15, 0.2) is 71.3 Å². The summed E-state index contributed by atoms with van der Waals surface area (Å²) in [7, 11) is -1.45. The second-order valence-electron chi connectivity index (χ2n) is 11.7. The Bertz CT molecular complexity index is 1540. The number of allylic oxidation sites excluding steroid dienone is 5. The van der Waals surface area contributed by atoms with Crippen molar-refractivity contribution in [3.8, 4) is 11.5 Å². The Balaban J connectivity index is 1.56. The van der Waals surface area contributed by atoms with E-state index in [1.165, 1.54) is 0 Å². The Kier molecular flexibility index (Phi) is 8.61. The molecule has 2 aliphatic heterocycles. The highest BCUT2D eigenvalue weighted by Crippen LogP contribution is 2.45. The first-order valence-electron chi connectivity index (χ1n) is 14.3. The number of hydrogen-bond acceptors (Lipinski definition) is 6. The maximum Gasteiger partial charge on any atom is 0.232 e. The number of carbonyl (C=O) groups is 1. The molecule has 0 radical (unpaired) electrons. The molecule has 2 aromatic rings. The molecule has 2 aromatic carbocycles. The van der Waals surface area contributed by atoms with Crippen LogP contribution in [-0.4, -0.2) is 44.2 Å². The lowest BCUT2D eigenvalue weighted by molar-refractivity contribution is -0.118. The van der Waals surface area contributed by atoms with Crippen LogP contribution in [0.4, 0.5) is 5.69 Å². The summed E-state index contributed by atoms with van der Waals surface area (Å²) >= 11 is 6.33. The number of fused-ring (bicyclic) bond motifs is 1. The third-order valence-corrected chi connectivity index (χ3v) is 10.4. The van der Waals surface area contributed by atoms with E-state index in [0.717, 1.165) is 16.7 Å². The van der Waals surface area contributed by atoms with E-state index in [4.69, 9.17) is 21.1 Å². The molecule has 1 saturated heterocycles. The highest BCUT2D eigenvalue weighted by molar-refractivity contribution is 7.91. The molecule has 42 heavy (non-hydrogen) atoms. The van der Waals surface area contributed by atoms with Crippen molar-refractivity contribution in [1.29, 1.82) is 0 Å². The molecule has 2 heterocycles. The first kappa shape index (κ1) is 30.4. The SMILES string of the molecule is COc1cc2c(cc1OC(C)C)C(C1=CC=C(Cl)C=CC1)N(c1ccc(C(C)(O)C3CCS(=O)(=O)CC3)cc1)C(=O)C2. The van der Waals surface area contributed by atoms with Gasteiger partial charge in [0.05, 0.1) is 42.8 Å². The Morgan fingerprint density at radius 3 is 2.40 bits per heavy atom. The van der Waals surface area contributed by atoms with E-state index in [1.807, 2.05) is 79.4 Å². The molecular formula is C33H38ClNO6S. The molecule has 1 fully saturated rings. The van der Waals surface area contributed by atoms with Gasteiger partial charge in [-0.15, -0.1) is 0 Å². The van der Waals surface area contributed by atoms with Crippen molar-refractivity contribution >= 4 is 33.0 Å². The number of benzene rings is 2. The largest absolute Gasteiger partial charge is 0.493 e. The molecule has 3 aliphatic rings. The molecule has 1 N–H and O–H groups in total. The maximum absolute atomic E-state index is 13.9. The molecule has 0 spiro atoms. The number of amides is 1. The van der Waals surface area contributed by atoms with Crippen LogP contribution in [0, 0.1) is 5.92 Å². The zero-order valence-electron chi connectivity index (χ0n) is 24.5. The van der Waals surface area contributed by atoms with Gasteiger partial charge in [0.15, 0.2) is 11.5 Å². The number of nitrogens with zero attached hydrogens (tertiary/aromatic N) is 1. The lowest BCUT2D eigenvalue weighted by Crippen LogP contribution is -2.41. The van der Waals surface area contributed by atoms with E-state index in [9.17, 15) is 18.3 Å². The molecule has 2 atom stereocenters. The molecule has 1 aliphatic carbocycles. The Morgan fingerprint density at radius 2 is 1.76 bits per heavy atom. The van der Waals surface area contributed by atoms with Crippen LogP contribution in [0.2, 0.25) is 0 Å². The highest BCUT2D eigenvalue weighted by atomic mass is 35.5. The monoisotopic (exact) mass is 611 g/mol. The molecule has 0 aromatic heterocycles. The van der Waals surface area contributed by atoms with Gasteiger partial charge in [-0.05, 0) is 105 Å². The lowest BCUT2D eigenvalue weighted by atomic mass is 9.79. The summed E-state index contributed by atoms with van der Waals surface area (Å²) in [4.78, 5) is 15.7. The van der Waals surface area contributed by atoms with Crippen LogP contribution in [0.1, 0.15) is 62.8 Å². The Labute approximate surface area is 253 Å². The van der Waals surface area contributed by atoms with Gasteiger partial charge in [0, 0.05) is 10.7 Å². The summed E-state index contributed by atoms with van der Waals surface area (Å²) in [6, 6.07) is 10.9. The zero-order chi connectivity index (χ0) is 30.2. The van der Waals surface area contributed by atoms with E-state index in [0.29, 0.717) is 47.0 Å². The summed E-state index contributed by atoms with van der Waals surface area (Å²) in [5, 5.41) is 12.1. The molecule has 5 rings (SSSR count). The van der Waals surface area contributed by atoms with Crippen LogP contribution < -0.4 is 14.4 Å². The second kappa shape index (κ2) is 11.9.